The second-order valence-corrected chi connectivity index (χ2v) is 4.99. The van der Waals surface area contributed by atoms with Crippen LogP contribution in [0.1, 0.15) is 18.4 Å². The predicted octanol–water partition coefficient (Wildman–Crippen LogP) is 1.13. The minimum absolute atomic E-state index is 0.00492. The molecule has 1 fully saturated rings. The van der Waals surface area contributed by atoms with E-state index in [9.17, 15) is 9.90 Å². The van der Waals surface area contributed by atoms with Gasteiger partial charge in [0, 0.05) is 6.61 Å². The first-order valence-electron chi connectivity index (χ1n) is 6.82. The molecule has 1 heterocycles. The van der Waals surface area contributed by atoms with E-state index in [1.807, 2.05) is 30.3 Å². The van der Waals surface area contributed by atoms with E-state index >= 15 is 0 Å². The monoisotopic (exact) mass is 263 g/mol. The number of amides is 1. The van der Waals surface area contributed by atoms with Gasteiger partial charge in [-0.25, -0.2) is 0 Å². The molecule has 0 aromatic heterocycles. The number of ether oxygens (including phenoxy) is 1. The van der Waals surface area contributed by atoms with Crippen molar-refractivity contribution in [1.82, 2.24) is 5.32 Å². The lowest BCUT2D eigenvalue weighted by Gasteiger charge is -2.24. The molecular formula is C15H21NO3. The number of aliphatic hydroxyl groups is 1. The summed E-state index contributed by atoms with van der Waals surface area (Å²) in [5.41, 5.74) is 1.11. The van der Waals surface area contributed by atoms with Gasteiger partial charge in [-0.1, -0.05) is 30.3 Å². The van der Waals surface area contributed by atoms with Crippen LogP contribution in [-0.2, 0) is 16.0 Å². The van der Waals surface area contributed by atoms with Crippen LogP contribution < -0.4 is 5.32 Å². The molecule has 104 valence electrons. The lowest BCUT2D eigenvalue weighted by Crippen LogP contribution is -2.44. The first kappa shape index (κ1) is 14.0. The van der Waals surface area contributed by atoms with Gasteiger partial charge in [0.25, 0.3) is 0 Å². The second-order valence-electron chi connectivity index (χ2n) is 4.99. The van der Waals surface area contributed by atoms with Crippen LogP contribution in [0.15, 0.2) is 30.3 Å². The number of nitrogens with one attached hydrogen (secondary N) is 1. The van der Waals surface area contributed by atoms with Gasteiger partial charge in [-0.15, -0.1) is 0 Å². The maximum Gasteiger partial charge on any atom is 0.225 e. The predicted molar refractivity (Wildman–Crippen MR) is 72.7 cm³/mol. The van der Waals surface area contributed by atoms with Gasteiger partial charge in [0.15, 0.2) is 0 Å². The molecule has 1 aliphatic rings. The van der Waals surface area contributed by atoms with Gasteiger partial charge < -0.3 is 15.2 Å². The molecule has 0 bridgehead atoms. The summed E-state index contributed by atoms with van der Waals surface area (Å²) in [6.45, 7) is 1.20. The fourth-order valence-electron chi connectivity index (χ4n) is 2.33. The van der Waals surface area contributed by atoms with Crippen molar-refractivity contribution in [2.75, 3.05) is 19.8 Å². The Bertz CT molecular complexity index is 388. The third kappa shape index (κ3) is 4.33. The van der Waals surface area contributed by atoms with Crippen molar-refractivity contribution in [1.29, 1.82) is 0 Å². The number of carbonyl (C=O) groups is 1. The average Bonchev–Trinajstić information content (AvgIpc) is 2.48. The molecule has 1 aromatic carbocycles. The lowest BCUT2D eigenvalue weighted by atomic mass is 10.00. The molecule has 2 rings (SSSR count). The second kappa shape index (κ2) is 7.26. The maximum atomic E-state index is 12.1. The normalized spacial score (nSPS) is 20.8. The van der Waals surface area contributed by atoms with Gasteiger partial charge in [0.2, 0.25) is 5.91 Å². The number of hydrogen-bond acceptors (Lipinski definition) is 3. The minimum atomic E-state index is -0.225. The fourth-order valence-corrected chi connectivity index (χ4v) is 2.33. The van der Waals surface area contributed by atoms with Crippen LogP contribution in [0.25, 0.3) is 0 Å². The van der Waals surface area contributed by atoms with Crippen molar-refractivity contribution in [2.45, 2.75) is 25.3 Å². The van der Waals surface area contributed by atoms with Gasteiger partial charge >= 0.3 is 0 Å². The Kier molecular flexibility index (Phi) is 5.36. The highest BCUT2D eigenvalue weighted by molar-refractivity contribution is 5.79. The Hall–Kier alpha value is -1.39. The molecule has 1 aromatic rings. The third-order valence-electron chi connectivity index (χ3n) is 3.42. The molecule has 0 saturated carbocycles. The van der Waals surface area contributed by atoms with Crippen LogP contribution in [0.2, 0.25) is 0 Å². The van der Waals surface area contributed by atoms with Gasteiger partial charge in [-0.3, -0.25) is 4.79 Å². The summed E-state index contributed by atoms with van der Waals surface area (Å²) in [4.78, 5) is 12.1. The SMILES string of the molecule is O=C(N[C@H](CO)Cc1ccccc1)C1CCCOC1. The van der Waals surface area contributed by atoms with Crippen LogP contribution in [0.3, 0.4) is 0 Å². The molecule has 2 N–H and O–H groups in total. The van der Waals surface area contributed by atoms with Gasteiger partial charge in [-0.2, -0.15) is 0 Å². The minimum Gasteiger partial charge on any atom is -0.394 e. The fraction of sp³-hybridized carbons (Fsp3) is 0.533. The van der Waals surface area contributed by atoms with E-state index in [2.05, 4.69) is 5.32 Å². The van der Waals surface area contributed by atoms with Crippen molar-refractivity contribution in [3.05, 3.63) is 35.9 Å². The zero-order valence-electron chi connectivity index (χ0n) is 11.0. The van der Waals surface area contributed by atoms with Crippen LogP contribution in [0.5, 0.6) is 0 Å². The Morgan fingerprint density at radius 3 is 2.84 bits per heavy atom. The van der Waals surface area contributed by atoms with E-state index in [0.717, 1.165) is 25.0 Å². The van der Waals surface area contributed by atoms with Gasteiger partial charge in [-0.05, 0) is 24.8 Å². The van der Waals surface area contributed by atoms with Crippen molar-refractivity contribution in [3.8, 4) is 0 Å². The van der Waals surface area contributed by atoms with E-state index < -0.39 is 0 Å². The number of hydrogen-bond donors (Lipinski definition) is 2. The largest absolute Gasteiger partial charge is 0.394 e. The maximum absolute atomic E-state index is 12.1. The summed E-state index contributed by atoms with van der Waals surface area (Å²) in [6.07, 6.45) is 2.45. The molecule has 1 saturated heterocycles. The average molecular weight is 263 g/mol. The molecule has 1 aliphatic heterocycles. The molecule has 0 radical (unpaired) electrons. The van der Waals surface area contributed by atoms with Gasteiger partial charge in [0.05, 0.1) is 25.2 Å². The lowest BCUT2D eigenvalue weighted by molar-refractivity contribution is -0.130. The number of rotatable bonds is 5. The Labute approximate surface area is 113 Å². The highest BCUT2D eigenvalue weighted by Gasteiger charge is 2.23. The molecule has 4 nitrogen and oxygen atoms in total. The molecule has 1 amide bonds. The first-order chi connectivity index (χ1) is 9.29. The third-order valence-corrected chi connectivity index (χ3v) is 3.42. The number of carbonyl (C=O) groups excluding carboxylic acids is 1. The van der Waals surface area contributed by atoms with E-state index in [1.54, 1.807) is 0 Å². The standard InChI is InChI=1S/C15H21NO3/c17-10-14(9-12-5-2-1-3-6-12)16-15(18)13-7-4-8-19-11-13/h1-3,5-6,13-14,17H,4,7-11H2,(H,16,18)/t13?,14-/m0/s1. The zero-order valence-corrected chi connectivity index (χ0v) is 11.0. The molecule has 2 atom stereocenters. The van der Waals surface area contributed by atoms with E-state index in [-0.39, 0.29) is 24.5 Å². The van der Waals surface area contributed by atoms with Crippen LogP contribution in [0.4, 0.5) is 0 Å². The van der Waals surface area contributed by atoms with Crippen molar-refractivity contribution in [2.24, 2.45) is 5.92 Å². The molecular weight excluding hydrogens is 242 g/mol. The van der Waals surface area contributed by atoms with Crippen molar-refractivity contribution in [3.63, 3.8) is 0 Å². The Balaban J connectivity index is 1.86. The van der Waals surface area contributed by atoms with E-state index in [0.29, 0.717) is 13.0 Å². The van der Waals surface area contributed by atoms with E-state index in [1.165, 1.54) is 0 Å². The van der Waals surface area contributed by atoms with Crippen LogP contribution >= 0.6 is 0 Å². The first-order valence-corrected chi connectivity index (χ1v) is 6.82. The summed E-state index contributed by atoms with van der Waals surface area (Å²) in [5.74, 6) is -0.0757. The summed E-state index contributed by atoms with van der Waals surface area (Å²) >= 11 is 0. The Morgan fingerprint density at radius 1 is 1.42 bits per heavy atom. The molecule has 1 unspecified atom stereocenters. The highest BCUT2D eigenvalue weighted by atomic mass is 16.5. The summed E-state index contributed by atoms with van der Waals surface area (Å²) < 4.78 is 5.31. The van der Waals surface area contributed by atoms with E-state index in [4.69, 9.17) is 4.74 Å². The van der Waals surface area contributed by atoms with Crippen molar-refractivity contribution >= 4 is 5.91 Å². The van der Waals surface area contributed by atoms with Crippen LogP contribution in [-0.4, -0.2) is 36.9 Å². The quantitative estimate of drug-likeness (QED) is 0.837. The summed E-state index contributed by atoms with van der Waals surface area (Å²) in [5, 5.41) is 12.3. The van der Waals surface area contributed by atoms with Crippen molar-refractivity contribution < 1.29 is 14.6 Å². The highest BCUT2D eigenvalue weighted by Crippen LogP contribution is 2.14. The summed E-state index contributed by atoms with van der Waals surface area (Å²) in [7, 11) is 0. The molecule has 0 aliphatic carbocycles. The molecule has 19 heavy (non-hydrogen) atoms. The zero-order chi connectivity index (χ0) is 13.5. The van der Waals surface area contributed by atoms with Crippen LogP contribution in [0, 0.1) is 5.92 Å². The number of aliphatic hydroxyl groups excluding tert-OH is 1. The van der Waals surface area contributed by atoms with Gasteiger partial charge in [0.1, 0.15) is 0 Å². The Morgan fingerprint density at radius 2 is 2.21 bits per heavy atom. The smallest absolute Gasteiger partial charge is 0.225 e. The topological polar surface area (TPSA) is 58.6 Å². The number of benzene rings is 1. The molecule has 0 spiro atoms. The molecule has 4 heteroatoms. The summed E-state index contributed by atoms with van der Waals surface area (Å²) in [6, 6.07) is 9.64.